The van der Waals surface area contributed by atoms with Crippen molar-refractivity contribution >= 4 is 38.3 Å². The second kappa shape index (κ2) is 5.09. The van der Waals surface area contributed by atoms with Gasteiger partial charge >= 0.3 is 0 Å². The second-order valence-electron chi connectivity index (χ2n) is 4.50. The van der Waals surface area contributed by atoms with Gasteiger partial charge in [-0.1, -0.05) is 33.2 Å². The van der Waals surface area contributed by atoms with Crippen LogP contribution in [0.25, 0.3) is 10.8 Å². The highest BCUT2D eigenvalue weighted by Crippen LogP contribution is 2.23. The highest BCUT2D eigenvalue weighted by molar-refractivity contribution is 9.10. The Bertz CT molecular complexity index is 795. The second-order valence-corrected chi connectivity index (χ2v) is 5.41. The lowest BCUT2D eigenvalue weighted by molar-refractivity contribution is 0.0987. The van der Waals surface area contributed by atoms with E-state index in [4.69, 9.17) is 4.52 Å². The van der Waals surface area contributed by atoms with Crippen LogP contribution in [0.4, 0.5) is 5.69 Å². The summed E-state index contributed by atoms with van der Waals surface area (Å²) in [5.41, 5.74) is 1.44. The van der Waals surface area contributed by atoms with E-state index < -0.39 is 0 Å². The van der Waals surface area contributed by atoms with E-state index in [-0.39, 0.29) is 11.7 Å². The average molecular weight is 331 g/mol. The molecule has 0 fully saturated rings. The number of carbonyl (C=O) groups is 1. The van der Waals surface area contributed by atoms with E-state index in [1.54, 1.807) is 6.92 Å². The molecule has 3 aromatic rings. The first-order chi connectivity index (χ1) is 9.63. The summed E-state index contributed by atoms with van der Waals surface area (Å²) in [6, 6.07) is 11.7. The molecular weight excluding hydrogens is 320 g/mol. The van der Waals surface area contributed by atoms with E-state index in [9.17, 15) is 4.79 Å². The summed E-state index contributed by atoms with van der Waals surface area (Å²) in [6.45, 7) is 1.78. The highest BCUT2D eigenvalue weighted by atomic mass is 79.9. The van der Waals surface area contributed by atoms with Crippen molar-refractivity contribution in [3.05, 3.63) is 58.4 Å². The maximum Gasteiger partial charge on any atom is 0.294 e. The van der Waals surface area contributed by atoms with Crippen molar-refractivity contribution in [1.82, 2.24) is 5.16 Å². The molecule has 4 nitrogen and oxygen atoms in total. The molecule has 0 unspecified atom stereocenters. The molecule has 1 amide bonds. The summed E-state index contributed by atoms with van der Waals surface area (Å²) in [6.07, 6.45) is 1.52. The minimum atomic E-state index is -0.295. The van der Waals surface area contributed by atoms with Crippen LogP contribution in [0, 0.1) is 6.92 Å². The van der Waals surface area contributed by atoms with Crippen molar-refractivity contribution in [2.45, 2.75) is 6.92 Å². The Morgan fingerprint density at radius 2 is 1.95 bits per heavy atom. The number of amides is 1. The van der Waals surface area contributed by atoms with Gasteiger partial charge in [0.1, 0.15) is 0 Å². The van der Waals surface area contributed by atoms with Crippen molar-refractivity contribution in [3.63, 3.8) is 0 Å². The zero-order valence-corrected chi connectivity index (χ0v) is 12.3. The predicted molar refractivity (Wildman–Crippen MR) is 80.8 cm³/mol. The highest BCUT2D eigenvalue weighted by Gasteiger charge is 2.14. The molecule has 0 saturated carbocycles. The van der Waals surface area contributed by atoms with E-state index in [1.807, 2.05) is 36.4 Å². The fraction of sp³-hybridized carbons (Fsp3) is 0.0667. The van der Waals surface area contributed by atoms with Gasteiger partial charge < -0.3 is 9.84 Å². The largest absolute Gasteiger partial charge is 0.351 e. The van der Waals surface area contributed by atoms with Crippen LogP contribution >= 0.6 is 15.9 Å². The molecule has 1 N–H and O–H groups in total. The maximum atomic E-state index is 12.0. The summed E-state index contributed by atoms with van der Waals surface area (Å²) in [5.74, 6) is -0.0580. The molecule has 2 aromatic carbocycles. The number of hydrogen-bond donors (Lipinski definition) is 1. The molecule has 100 valence electrons. The topological polar surface area (TPSA) is 55.1 Å². The van der Waals surface area contributed by atoms with E-state index in [0.717, 1.165) is 20.9 Å². The van der Waals surface area contributed by atoms with Crippen molar-refractivity contribution in [1.29, 1.82) is 0 Å². The number of fused-ring (bicyclic) bond motifs is 1. The van der Waals surface area contributed by atoms with Crippen molar-refractivity contribution in [2.75, 3.05) is 5.32 Å². The lowest BCUT2D eigenvalue weighted by Crippen LogP contribution is -2.11. The smallest absolute Gasteiger partial charge is 0.294 e. The van der Waals surface area contributed by atoms with Crippen LogP contribution in [0.5, 0.6) is 0 Å². The quantitative estimate of drug-likeness (QED) is 0.767. The average Bonchev–Trinajstić information content (AvgIpc) is 2.85. The molecule has 5 heteroatoms. The zero-order valence-electron chi connectivity index (χ0n) is 10.7. The van der Waals surface area contributed by atoms with Crippen LogP contribution < -0.4 is 5.32 Å². The Labute approximate surface area is 123 Å². The van der Waals surface area contributed by atoms with Crippen LogP contribution in [0.3, 0.4) is 0 Å². The molecule has 3 rings (SSSR count). The van der Waals surface area contributed by atoms with E-state index >= 15 is 0 Å². The van der Waals surface area contributed by atoms with E-state index in [1.165, 1.54) is 6.20 Å². The van der Waals surface area contributed by atoms with Crippen molar-refractivity contribution in [3.8, 4) is 0 Å². The third-order valence-corrected chi connectivity index (χ3v) is 3.51. The van der Waals surface area contributed by atoms with Gasteiger partial charge in [0.05, 0.1) is 6.20 Å². The van der Waals surface area contributed by atoms with Gasteiger partial charge in [0.25, 0.3) is 5.91 Å². The molecule has 0 spiro atoms. The molecule has 0 bridgehead atoms. The summed E-state index contributed by atoms with van der Waals surface area (Å²) in [4.78, 5) is 12.0. The van der Waals surface area contributed by atoms with Gasteiger partial charge in [-0.25, -0.2) is 0 Å². The molecule has 1 heterocycles. The monoisotopic (exact) mass is 330 g/mol. The van der Waals surface area contributed by atoms with Crippen LogP contribution in [0.2, 0.25) is 0 Å². The van der Waals surface area contributed by atoms with Gasteiger partial charge in [0.2, 0.25) is 5.76 Å². The van der Waals surface area contributed by atoms with Gasteiger partial charge in [0.15, 0.2) is 0 Å². The number of benzene rings is 2. The number of rotatable bonds is 2. The van der Waals surface area contributed by atoms with Gasteiger partial charge in [0, 0.05) is 15.7 Å². The van der Waals surface area contributed by atoms with Crippen molar-refractivity contribution in [2.24, 2.45) is 0 Å². The maximum absolute atomic E-state index is 12.0. The van der Waals surface area contributed by atoms with Crippen LogP contribution in [0.15, 0.2) is 51.6 Å². The lowest BCUT2D eigenvalue weighted by atomic mass is 10.1. The molecule has 0 aliphatic carbocycles. The number of aryl methyl sites for hydroxylation is 1. The molecule has 0 radical (unpaired) electrons. The number of hydrogen-bond acceptors (Lipinski definition) is 3. The summed E-state index contributed by atoms with van der Waals surface area (Å²) in [5, 5.41) is 8.57. The molecule has 20 heavy (non-hydrogen) atoms. The van der Waals surface area contributed by atoms with Crippen molar-refractivity contribution < 1.29 is 9.32 Å². The van der Waals surface area contributed by atoms with Gasteiger partial charge in [-0.05, 0) is 42.0 Å². The van der Waals surface area contributed by atoms with Crippen LogP contribution in [-0.4, -0.2) is 11.1 Å². The molecule has 0 aliphatic rings. The Morgan fingerprint density at radius 1 is 1.20 bits per heavy atom. The first kappa shape index (κ1) is 12.9. The Kier molecular flexibility index (Phi) is 3.28. The lowest BCUT2D eigenvalue weighted by Gasteiger charge is -2.05. The molecule has 1 aromatic heterocycles. The predicted octanol–water partition coefficient (Wildman–Crippen LogP) is 4.15. The van der Waals surface area contributed by atoms with Gasteiger partial charge in [-0.15, -0.1) is 0 Å². The standard InChI is InChI=1S/C15H11BrN2O2/c1-9-8-17-20-14(9)15(19)18-13-5-3-10-6-12(16)4-2-11(10)7-13/h2-8H,1H3,(H,18,19). The van der Waals surface area contributed by atoms with E-state index in [0.29, 0.717) is 5.56 Å². The third-order valence-electron chi connectivity index (χ3n) is 3.01. The Hall–Kier alpha value is -2.14. The number of aromatic nitrogens is 1. The minimum absolute atomic E-state index is 0.237. The van der Waals surface area contributed by atoms with Crippen LogP contribution in [0.1, 0.15) is 16.1 Å². The van der Waals surface area contributed by atoms with Crippen LogP contribution in [-0.2, 0) is 0 Å². The summed E-state index contributed by atoms with van der Waals surface area (Å²) >= 11 is 3.44. The number of nitrogens with one attached hydrogen (secondary N) is 1. The molecule has 0 aliphatic heterocycles. The molecular formula is C15H11BrN2O2. The first-order valence-electron chi connectivity index (χ1n) is 6.05. The molecule has 0 saturated heterocycles. The fourth-order valence-corrected chi connectivity index (χ4v) is 2.37. The first-order valence-corrected chi connectivity index (χ1v) is 6.85. The third kappa shape index (κ3) is 2.44. The minimum Gasteiger partial charge on any atom is -0.351 e. The Balaban J connectivity index is 1.90. The number of carbonyl (C=O) groups excluding carboxylic acids is 1. The summed E-state index contributed by atoms with van der Waals surface area (Å²) < 4.78 is 5.96. The number of anilines is 1. The number of nitrogens with zero attached hydrogens (tertiary/aromatic N) is 1. The summed E-state index contributed by atoms with van der Waals surface area (Å²) in [7, 11) is 0. The fourth-order valence-electron chi connectivity index (χ4n) is 1.99. The molecule has 0 atom stereocenters. The van der Waals surface area contributed by atoms with Gasteiger partial charge in [-0.2, -0.15) is 0 Å². The van der Waals surface area contributed by atoms with Gasteiger partial charge in [-0.3, -0.25) is 4.79 Å². The zero-order chi connectivity index (χ0) is 14.1. The van der Waals surface area contributed by atoms with E-state index in [2.05, 4.69) is 26.4 Å². The number of halogens is 1. The normalized spacial score (nSPS) is 10.7. The SMILES string of the molecule is Cc1cnoc1C(=O)Nc1ccc2cc(Br)ccc2c1. The Morgan fingerprint density at radius 3 is 2.70 bits per heavy atom.